The molecule has 0 fully saturated rings. The summed E-state index contributed by atoms with van der Waals surface area (Å²) < 4.78 is 0. The van der Waals surface area contributed by atoms with Gasteiger partial charge in [-0.3, -0.25) is 9.78 Å². The first-order valence-electron chi connectivity index (χ1n) is 7.41. The van der Waals surface area contributed by atoms with E-state index >= 15 is 0 Å². The fourth-order valence-corrected chi connectivity index (χ4v) is 2.74. The molecule has 0 aliphatic carbocycles. The molecule has 0 radical (unpaired) electrons. The molecule has 4 rings (SSSR count). The van der Waals surface area contributed by atoms with E-state index in [-0.39, 0.29) is 5.91 Å². The van der Waals surface area contributed by atoms with Crippen LogP contribution in [-0.2, 0) is 0 Å². The van der Waals surface area contributed by atoms with Crippen LogP contribution in [0.1, 0.15) is 10.4 Å². The summed E-state index contributed by atoms with van der Waals surface area (Å²) in [5.74, 6) is -0.191. The monoisotopic (exact) mass is 333 g/mol. The summed E-state index contributed by atoms with van der Waals surface area (Å²) in [6, 6.07) is 18.5. The predicted molar refractivity (Wildman–Crippen MR) is 96.4 cm³/mol. The number of carbonyl (C=O) groups is 1. The lowest BCUT2D eigenvalue weighted by Gasteiger charge is -2.07. The van der Waals surface area contributed by atoms with Crippen LogP contribution in [0.3, 0.4) is 0 Å². The zero-order valence-electron chi connectivity index (χ0n) is 12.5. The molecule has 0 unspecified atom stereocenters. The van der Waals surface area contributed by atoms with Crippen molar-refractivity contribution in [3.05, 3.63) is 77.6 Å². The number of anilines is 1. The molecule has 4 nitrogen and oxygen atoms in total. The Labute approximate surface area is 143 Å². The first kappa shape index (κ1) is 14.6. The number of hydrogen-bond acceptors (Lipinski definition) is 3. The molecule has 0 atom stereocenters. The first-order chi connectivity index (χ1) is 11.7. The van der Waals surface area contributed by atoms with Crippen molar-refractivity contribution in [1.82, 2.24) is 9.97 Å². The molecule has 2 aromatic heterocycles. The molecule has 2 aromatic carbocycles. The van der Waals surface area contributed by atoms with Crippen molar-refractivity contribution in [2.24, 2.45) is 0 Å². The topological polar surface area (TPSA) is 54.9 Å². The average molecular weight is 334 g/mol. The summed E-state index contributed by atoms with van der Waals surface area (Å²) in [5.41, 5.74) is 2.86. The predicted octanol–water partition coefficient (Wildman–Crippen LogP) is 4.69. The lowest BCUT2D eigenvalue weighted by atomic mass is 10.1. The Balaban J connectivity index is 1.64. The van der Waals surface area contributed by atoms with E-state index in [1.54, 1.807) is 30.5 Å². The van der Waals surface area contributed by atoms with Gasteiger partial charge in [0.1, 0.15) is 5.15 Å². The SMILES string of the molecule is O=C(Nc1cnc2ccccc2c1)c1ccc2nc(Cl)ccc2c1. The molecule has 0 bridgehead atoms. The molecule has 5 heteroatoms. The van der Waals surface area contributed by atoms with Crippen molar-refractivity contribution in [3.63, 3.8) is 0 Å². The van der Waals surface area contributed by atoms with Crippen LogP contribution < -0.4 is 5.32 Å². The second-order valence-corrected chi connectivity index (χ2v) is 5.80. The van der Waals surface area contributed by atoms with Crippen LogP contribution in [0, 0.1) is 0 Å². The fraction of sp³-hybridized carbons (Fsp3) is 0. The average Bonchev–Trinajstić information content (AvgIpc) is 2.61. The van der Waals surface area contributed by atoms with Crippen LogP contribution in [-0.4, -0.2) is 15.9 Å². The van der Waals surface area contributed by atoms with E-state index in [9.17, 15) is 4.79 Å². The Hall–Kier alpha value is -2.98. The van der Waals surface area contributed by atoms with Gasteiger partial charge in [0, 0.05) is 16.3 Å². The number of benzene rings is 2. The summed E-state index contributed by atoms with van der Waals surface area (Å²) >= 11 is 5.88. The van der Waals surface area contributed by atoms with Gasteiger partial charge in [-0.1, -0.05) is 29.8 Å². The lowest BCUT2D eigenvalue weighted by molar-refractivity contribution is 0.102. The highest BCUT2D eigenvalue weighted by Crippen LogP contribution is 2.19. The lowest BCUT2D eigenvalue weighted by Crippen LogP contribution is -2.12. The van der Waals surface area contributed by atoms with Crippen LogP contribution in [0.4, 0.5) is 5.69 Å². The molecular formula is C19H12ClN3O. The van der Waals surface area contributed by atoms with Gasteiger partial charge in [-0.15, -0.1) is 0 Å². The van der Waals surface area contributed by atoms with Gasteiger partial charge >= 0.3 is 0 Å². The highest BCUT2D eigenvalue weighted by Gasteiger charge is 2.08. The largest absolute Gasteiger partial charge is 0.321 e. The van der Waals surface area contributed by atoms with Gasteiger partial charge < -0.3 is 5.32 Å². The first-order valence-corrected chi connectivity index (χ1v) is 7.79. The number of nitrogens with zero attached hydrogens (tertiary/aromatic N) is 2. The van der Waals surface area contributed by atoms with Crippen LogP contribution in [0.15, 0.2) is 66.9 Å². The smallest absolute Gasteiger partial charge is 0.255 e. The van der Waals surface area contributed by atoms with E-state index in [4.69, 9.17) is 11.6 Å². The molecule has 0 saturated heterocycles. The van der Waals surface area contributed by atoms with E-state index < -0.39 is 0 Å². The van der Waals surface area contributed by atoms with E-state index in [0.29, 0.717) is 16.4 Å². The van der Waals surface area contributed by atoms with Crippen LogP contribution in [0.2, 0.25) is 5.15 Å². The van der Waals surface area contributed by atoms with Crippen LogP contribution in [0.5, 0.6) is 0 Å². The molecule has 0 saturated carbocycles. The molecule has 0 aliphatic rings. The molecule has 2 heterocycles. The third kappa shape index (κ3) is 2.79. The Bertz CT molecular complexity index is 1080. The molecule has 24 heavy (non-hydrogen) atoms. The Kier molecular flexibility index (Phi) is 3.59. The standard InChI is InChI=1S/C19H12ClN3O/c20-18-8-6-13-9-14(5-7-17(13)23-18)19(24)22-15-10-12-3-1-2-4-16(12)21-11-15/h1-11H,(H,22,24). The fourth-order valence-electron chi connectivity index (χ4n) is 2.58. The van der Waals surface area contributed by atoms with E-state index in [1.165, 1.54) is 0 Å². The van der Waals surface area contributed by atoms with Crippen molar-refractivity contribution in [2.75, 3.05) is 5.32 Å². The Morgan fingerprint density at radius 2 is 1.75 bits per heavy atom. The summed E-state index contributed by atoms with van der Waals surface area (Å²) in [5, 5.41) is 5.15. The van der Waals surface area contributed by atoms with Gasteiger partial charge in [0.25, 0.3) is 5.91 Å². The maximum atomic E-state index is 12.5. The van der Waals surface area contributed by atoms with Crippen molar-refractivity contribution >= 4 is 45.0 Å². The molecule has 1 N–H and O–H groups in total. The van der Waals surface area contributed by atoms with Crippen LogP contribution in [0.25, 0.3) is 21.8 Å². The van der Waals surface area contributed by atoms with Crippen molar-refractivity contribution in [1.29, 1.82) is 0 Å². The van der Waals surface area contributed by atoms with Gasteiger partial charge in [-0.05, 0) is 42.5 Å². The van der Waals surface area contributed by atoms with Crippen molar-refractivity contribution in [3.8, 4) is 0 Å². The number of nitrogens with one attached hydrogen (secondary N) is 1. The minimum absolute atomic E-state index is 0.191. The highest BCUT2D eigenvalue weighted by atomic mass is 35.5. The third-order valence-corrected chi connectivity index (χ3v) is 3.98. The molecular weight excluding hydrogens is 322 g/mol. The number of halogens is 1. The van der Waals surface area contributed by atoms with E-state index in [2.05, 4.69) is 15.3 Å². The van der Waals surface area contributed by atoms with E-state index in [0.717, 1.165) is 21.8 Å². The maximum absolute atomic E-state index is 12.5. The van der Waals surface area contributed by atoms with Gasteiger partial charge in [0.05, 0.1) is 22.9 Å². The molecule has 4 aromatic rings. The molecule has 116 valence electrons. The number of rotatable bonds is 2. The summed E-state index contributed by atoms with van der Waals surface area (Å²) in [4.78, 5) is 21.0. The van der Waals surface area contributed by atoms with Gasteiger partial charge in [0.2, 0.25) is 0 Å². The van der Waals surface area contributed by atoms with Gasteiger partial charge in [0.15, 0.2) is 0 Å². The molecule has 0 aliphatic heterocycles. The zero-order valence-corrected chi connectivity index (χ0v) is 13.3. The summed E-state index contributed by atoms with van der Waals surface area (Å²) in [6.07, 6.45) is 1.66. The quantitative estimate of drug-likeness (QED) is 0.541. The number of amides is 1. The summed E-state index contributed by atoms with van der Waals surface area (Å²) in [7, 11) is 0. The number of aromatic nitrogens is 2. The maximum Gasteiger partial charge on any atom is 0.255 e. The second kappa shape index (κ2) is 5.91. The minimum Gasteiger partial charge on any atom is -0.321 e. The number of fused-ring (bicyclic) bond motifs is 2. The van der Waals surface area contributed by atoms with Crippen molar-refractivity contribution < 1.29 is 4.79 Å². The van der Waals surface area contributed by atoms with Crippen LogP contribution >= 0.6 is 11.6 Å². The van der Waals surface area contributed by atoms with Gasteiger partial charge in [-0.2, -0.15) is 0 Å². The van der Waals surface area contributed by atoms with E-state index in [1.807, 2.05) is 36.4 Å². The van der Waals surface area contributed by atoms with Gasteiger partial charge in [-0.25, -0.2) is 4.98 Å². The minimum atomic E-state index is -0.191. The number of para-hydroxylation sites is 1. The molecule has 0 spiro atoms. The number of carbonyl (C=O) groups excluding carboxylic acids is 1. The molecule has 1 amide bonds. The van der Waals surface area contributed by atoms with Crippen molar-refractivity contribution in [2.45, 2.75) is 0 Å². The summed E-state index contributed by atoms with van der Waals surface area (Å²) in [6.45, 7) is 0. The zero-order chi connectivity index (χ0) is 16.5. The normalized spacial score (nSPS) is 10.9. The third-order valence-electron chi connectivity index (χ3n) is 3.77. The Morgan fingerprint density at radius 1 is 0.917 bits per heavy atom. The highest BCUT2D eigenvalue weighted by molar-refractivity contribution is 6.29. The number of pyridine rings is 2. The number of hydrogen-bond donors (Lipinski definition) is 1. The Morgan fingerprint density at radius 3 is 2.67 bits per heavy atom. The second-order valence-electron chi connectivity index (χ2n) is 5.41.